The Morgan fingerprint density at radius 3 is 2.31 bits per heavy atom. The van der Waals surface area contributed by atoms with E-state index in [-0.39, 0.29) is 28.1 Å². The summed E-state index contributed by atoms with van der Waals surface area (Å²) in [5.41, 5.74) is -0.0198. The molecule has 29 heavy (non-hydrogen) atoms. The van der Waals surface area contributed by atoms with Crippen LogP contribution in [0.1, 0.15) is 30.6 Å². The Morgan fingerprint density at radius 1 is 1.10 bits per heavy atom. The van der Waals surface area contributed by atoms with Crippen molar-refractivity contribution in [2.75, 3.05) is 45.8 Å². The Hall–Kier alpha value is -2.19. The monoisotopic (exact) mass is 422 g/mol. The Labute approximate surface area is 175 Å². The molecule has 2 saturated heterocycles. The van der Waals surface area contributed by atoms with E-state index in [1.807, 2.05) is 4.90 Å². The second-order valence-corrected chi connectivity index (χ2v) is 8.64. The molecule has 0 aliphatic carbocycles. The summed E-state index contributed by atoms with van der Waals surface area (Å²) < 4.78 is 0. The number of piperazine rings is 1. The van der Waals surface area contributed by atoms with Gasteiger partial charge in [0.2, 0.25) is 5.91 Å². The Kier molecular flexibility index (Phi) is 6.74. The number of nitro benzene ring substituents is 1. The smallest absolute Gasteiger partial charge is 0.288 e. The number of nitro groups is 1. The first-order valence-corrected chi connectivity index (χ1v) is 10.4. The molecule has 0 spiro atoms. The highest BCUT2D eigenvalue weighted by Gasteiger charge is 2.29. The number of likely N-dealkylation sites (tertiary alicyclic amines) is 1. The Morgan fingerprint density at radius 2 is 1.72 bits per heavy atom. The van der Waals surface area contributed by atoms with Crippen molar-refractivity contribution >= 4 is 29.1 Å². The lowest BCUT2D eigenvalue weighted by Crippen LogP contribution is -2.53. The van der Waals surface area contributed by atoms with Gasteiger partial charge in [-0.2, -0.15) is 0 Å². The third kappa shape index (κ3) is 5.25. The molecule has 2 heterocycles. The van der Waals surface area contributed by atoms with Crippen molar-refractivity contribution in [3.8, 4) is 0 Å². The molecule has 0 radical (unpaired) electrons. The van der Waals surface area contributed by atoms with Gasteiger partial charge in [0.15, 0.2) is 0 Å². The number of rotatable bonds is 4. The molecular weight excluding hydrogens is 396 g/mol. The fourth-order valence-corrected chi connectivity index (χ4v) is 4.42. The molecule has 1 aromatic rings. The lowest BCUT2D eigenvalue weighted by molar-refractivity contribution is -0.384. The topological polar surface area (TPSA) is 87.0 Å². The van der Waals surface area contributed by atoms with Crippen LogP contribution in [-0.4, -0.2) is 77.3 Å². The zero-order valence-electron chi connectivity index (χ0n) is 16.8. The molecule has 0 saturated carbocycles. The summed E-state index contributed by atoms with van der Waals surface area (Å²) in [6.45, 7) is 8.54. The molecule has 2 atom stereocenters. The van der Waals surface area contributed by atoms with Crippen molar-refractivity contribution in [2.45, 2.75) is 20.3 Å². The van der Waals surface area contributed by atoms with Crippen LogP contribution in [0.25, 0.3) is 0 Å². The number of halogens is 1. The van der Waals surface area contributed by atoms with Crippen molar-refractivity contribution in [3.63, 3.8) is 0 Å². The van der Waals surface area contributed by atoms with Crippen molar-refractivity contribution in [1.82, 2.24) is 14.7 Å². The van der Waals surface area contributed by atoms with Gasteiger partial charge in [0.05, 0.1) is 11.5 Å². The van der Waals surface area contributed by atoms with E-state index in [2.05, 4.69) is 18.7 Å². The van der Waals surface area contributed by atoms with E-state index < -0.39 is 4.92 Å². The van der Waals surface area contributed by atoms with Crippen molar-refractivity contribution in [3.05, 3.63) is 38.9 Å². The predicted molar refractivity (Wildman–Crippen MR) is 110 cm³/mol. The summed E-state index contributed by atoms with van der Waals surface area (Å²) in [6.07, 6.45) is 1.16. The molecule has 0 unspecified atom stereocenters. The summed E-state index contributed by atoms with van der Waals surface area (Å²) >= 11 is 5.82. The number of carbonyl (C=O) groups excluding carboxylic acids is 2. The van der Waals surface area contributed by atoms with Crippen LogP contribution in [0.4, 0.5) is 5.69 Å². The minimum absolute atomic E-state index is 0.0104. The lowest BCUT2D eigenvalue weighted by Gasteiger charge is -2.38. The summed E-state index contributed by atoms with van der Waals surface area (Å²) in [5, 5.41) is 11.1. The van der Waals surface area contributed by atoms with Gasteiger partial charge in [-0.15, -0.1) is 0 Å². The molecular formula is C20H27ClN4O4. The zero-order chi connectivity index (χ0) is 21.1. The van der Waals surface area contributed by atoms with Crippen LogP contribution >= 0.6 is 11.6 Å². The van der Waals surface area contributed by atoms with Crippen molar-refractivity contribution in [1.29, 1.82) is 0 Å². The number of piperidine rings is 1. The molecule has 0 aromatic heterocycles. The maximum atomic E-state index is 12.7. The molecule has 0 N–H and O–H groups in total. The average Bonchev–Trinajstić information content (AvgIpc) is 2.67. The van der Waals surface area contributed by atoms with Gasteiger partial charge >= 0.3 is 0 Å². The van der Waals surface area contributed by atoms with Gasteiger partial charge in [-0.3, -0.25) is 24.6 Å². The van der Waals surface area contributed by atoms with E-state index in [4.69, 9.17) is 11.6 Å². The molecule has 2 aliphatic heterocycles. The molecule has 158 valence electrons. The molecule has 8 nitrogen and oxygen atoms in total. The molecule has 9 heteroatoms. The van der Waals surface area contributed by atoms with Crippen molar-refractivity contribution < 1.29 is 14.5 Å². The lowest BCUT2D eigenvalue weighted by atomic mass is 9.92. The molecule has 3 rings (SSSR count). The summed E-state index contributed by atoms with van der Waals surface area (Å²) in [7, 11) is 0. The first kappa shape index (κ1) is 21.5. The van der Waals surface area contributed by atoms with Crippen LogP contribution < -0.4 is 0 Å². The second-order valence-electron chi connectivity index (χ2n) is 8.24. The van der Waals surface area contributed by atoms with E-state index in [9.17, 15) is 19.7 Å². The molecule has 0 bridgehead atoms. The maximum absolute atomic E-state index is 12.7. The summed E-state index contributed by atoms with van der Waals surface area (Å²) in [6, 6.07) is 4.11. The highest BCUT2D eigenvalue weighted by molar-refractivity contribution is 6.32. The van der Waals surface area contributed by atoms with E-state index in [0.29, 0.717) is 44.6 Å². The molecule has 2 amide bonds. The first-order valence-electron chi connectivity index (χ1n) is 9.98. The SMILES string of the molecule is C[C@@H]1C[C@H](C)CN(C(=O)CN2CCN(C(=O)c3ccc(Cl)c([N+](=O)[O-])c3)CC2)C1. The van der Waals surface area contributed by atoms with Crippen LogP contribution in [-0.2, 0) is 4.79 Å². The summed E-state index contributed by atoms with van der Waals surface area (Å²) in [4.78, 5) is 41.5. The van der Waals surface area contributed by atoms with Crippen molar-refractivity contribution in [2.24, 2.45) is 11.8 Å². The van der Waals surface area contributed by atoms with Gasteiger partial charge in [0.25, 0.3) is 11.6 Å². The third-order valence-electron chi connectivity index (χ3n) is 5.63. The quantitative estimate of drug-likeness (QED) is 0.549. The largest absolute Gasteiger partial charge is 0.341 e. The fraction of sp³-hybridized carbons (Fsp3) is 0.600. The molecule has 1 aromatic carbocycles. The second kappa shape index (κ2) is 9.09. The number of benzene rings is 1. The standard InChI is InChI=1S/C20H27ClN4O4/c1-14-9-15(2)12-24(11-14)19(26)13-22-5-7-23(8-6-22)20(27)16-3-4-17(21)18(10-16)25(28)29/h3-4,10,14-15H,5-9,11-13H2,1-2H3/t14-,15+. The first-order chi connectivity index (χ1) is 13.7. The summed E-state index contributed by atoms with van der Waals surface area (Å²) in [5.74, 6) is 0.951. The van der Waals surface area contributed by atoms with Gasteiger partial charge in [0.1, 0.15) is 5.02 Å². The van der Waals surface area contributed by atoms with Crippen LogP contribution in [0.15, 0.2) is 18.2 Å². The minimum atomic E-state index is -0.592. The van der Waals surface area contributed by atoms with Gasteiger partial charge in [0, 0.05) is 50.9 Å². The number of nitrogens with zero attached hydrogens (tertiary/aromatic N) is 4. The highest BCUT2D eigenvalue weighted by atomic mass is 35.5. The van der Waals surface area contributed by atoms with E-state index in [1.165, 1.54) is 18.2 Å². The maximum Gasteiger partial charge on any atom is 0.288 e. The van der Waals surface area contributed by atoms with E-state index in [0.717, 1.165) is 19.5 Å². The van der Waals surface area contributed by atoms with E-state index >= 15 is 0 Å². The third-order valence-corrected chi connectivity index (χ3v) is 5.95. The fourth-order valence-electron chi connectivity index (χ4n) is 4.24. The highest BCUT2D eigenvalue weighted by Crippen LogP contribution is 2.26. The zero-order valence-corrected chi connectivity index (χ0v) is 17.6. The van der Waals surface area contributed by atoms with Gasteiger partial charge in [-0.1, -0.05) is 25.4 Å². The van der Waals surface area contributed by atoms with Gasteiger partial charge in [-0.25, -0.2) is 0 Å². The Balaban J connectivity index is 1.54. The average molecular weight is 423 g/mol. The number of amides is 2. The predicted octanol–water partition coefficient (Wildman–Crippen LogP) is 2.51. The number of carbonyl (C=O) groups is 2. The Bertz CT molecular complexity index is 785. The number of hydrogen-bond acceptors (Lipinski definition) is 5. The van der Waals surface area contributed by atoms with Gasteiger partial charge in [-0.05, 0) is 30.4 Å². The normalized spacial score (nSPS) is 23.1. The minimum Gasteiger partial charge on any atom is -0.341 e. The van der Waals surface area contributed by atoms with Crippen LogP contribution in [0.3, 0.4) is 0 Å². The van der Waals surface area contributed by atoms with Gasteiger partial charge < -0.3 is 9.80 Å². The van der Waals surface area contributed by atoms with E-state index in [1.54, 1.807) is 4.90 Å². The van der Waals surface area contributed by atoms with Crippen LogP contribution in [0.5, 0.6) is 0 Å². The number of hydrogen-bond donors (Lipinski definition) is 0. The molecule has 2 fully saturated rings. The van der Waals surface area contributed by atoms with Crippen LogP contribution in [0, 0.1) is 22.0 Å². The van der Waals surface area contributed by atoms with Crippen LogP contribution in [0.2, 0.25) is 5.02 Å². The molecule has 2 aliphatic rings.